The van der Waals surface area contributed by atoms with Crippen molar-refractivity contribution in [1.82, 2.24) is 0 Å². The molecule has 0 aromatic heterocycles. The van der Waals surface area contributed by atoms with Gasteiger partial charge in [0.25, 0.3) is 0 Å². The third-order valence-corrected chi connectivity index (χ3v) is 13.8. The lowest BCUT2D eigenvalue weighted by Gasteiger charge is -2.58. The SMILES string of the molecule is N#CC(C#N)=C(C1C2CC3CC(C2)CC1C3)C(C#N)(C#N)S(c1ccccc1)(c1ccccc1)c1ccccc1. The fourth-order valence-corrected chi connectivity index (χ4v) is 12.8. The van der Waals surface area contributed by atoms with Crippen LogP contribution < -0.4 is 0 Å². The van der Waals surface area contributed by atoms with Crippen molar-refractivity contribution in [3.63, 3.8) is 0 Å². The smallest absolute Gasteiger partial charge is 0.195 e. The quantitative estimate of drug-likeness (QED) is 0.296. The minimum atomic E-state index is -2.66. The molecule has 7 rings (SSSR count). The largest absolute Gasteiger partial charge is 0.208 e. The molecule has 0 unspecified atom stereocenters. The molecule has 0 radical (unpaired) electrons. The third kappa shape index (κ3) is 3.70. The Morgan fingerprint density at radius 2 is 0.950 bits per heavy atom. The maximum absolute atomic E-state index is 11.5. The van der Waals surface area contributed by atoms with E-state index in [0.717, 1.165) is 40.4 Å². The summed E-state index contributed by atoms with van der Waals surface area (Å²) in [5, 5.41) is 43.8. The summed E-state index contributed by atoms with van der Waals surface area (Å²) in [5.41, 5.74) is 0.420. The van der Waals surface area contributed by atoms with Crippen molar-refractivity contribution in [2.45, 2.75) is 51.5 Å². The fraction of sp³-hybridized carbons (Fsp3) is 0.314. The predicted octanol–water partition coefficient (Wildman–Crippen LogP) is 8.17. The molecule has 0 N–H and O–H groups in total. The minimum absolute atomic E-state index is 0.0553. The highest BCUT2D eigenvalue weighted by atomic mass is 32.3. The summed E-state index contributed by atoms with van der Waals surface area (Å²) in [7, 11) is -2.66. The average Bonchev–Trinajstić information content (AvgIpc) is 3.01. The van der Waals surface area contributed by atoms with Crippen LogP contribution >= 0.6 is 10.0 Å². The van der Waals surface area contributed by atoms with Crippen LogP contribution in [0.2, 0.25) is 0 Å². The van der Waals surface area contributed by atoms with Gasteiger partial charge in [0.05, 0.1) is 12.1 Å². The van der Waals surface area contributed by atoms with Gasteiger partial charge >= 0.3 is 0 Å². The molecule has 4 fully saturated rings. The number of allylic oxidation sites excluding steroid dienone is 1. The van der Waals surface area contributed by atoms with Crippen LogP contribution in [-0.4, -0.2) is 4.75 Å². The normalized spacial score (nSPS) is 25.1. The van der Waals surface area contributed by atoms with Gasteiger partial charge in [0.15, 0.2) is 0 Å². The monoisotopic (exact) mass is 538 g/mol. The van der Waals surface area contributed by atoms with Crippen LogP contribution in [0.5, 0.6) is 0 Å². The molecule has 4 aliphatic rings. The summed E-state index contributed by atoms with van der Waals surface area (Å²) in [4.78, 5) is 2.60. The first kappa shape index (κ1) is 26.0. The fourth-order valence-electron chi connectivity index (χ4n) is 8.38. The van der Waals surface area contributed by atoms with Crippen LogP contribution in [0.4, 0.5) is 0 Å². The maximum Gasteiger partial charge on any atom is 0.208 e. The first-order chi connectivity index (χ1) is 19.6. The standard InChI is InChI=1S/C35H30N4S/c36-21-29(22-37)34(33-27-17-25-16-26(19-27)20-28(33)18-25)35(23-38,24-39)40(30-10-4-1-5-11-30,31-12-6-2-7-13-31)32-14-8-3-9-15-32/h1-15,25-28,33H,16-20H2. The Hall–Kier alpha value is -4.29. The van der Waals surface area contributed by atoms with Crippen molar-refractivity contribution < 1.29 is 0 Å². The van der Waals surface area contributed by atoms with Crippen LogP contribution in [0.3, 0.4) is 0 Å². The van der Waals surface area contributed by atoms with Crippen molar-refractivity contribution in [1.29, 1.82) is 21.0 Å². The Labute approximate surface area is 238 Å². The van der Waals surface area contributed by atoms with E-state index < -0.39 is 14.8 Å². The number of rotatable bonds is 6. The van der Waals surface area contributed by atoms with Crippen molar-refractivity contribution >= 4 is 10.0 Å². The summed E-state index contributed by atoms with van der Waals surface area (Å²) in [6.07, 6.45) is 5.44. The van der Waals surface area contributed by atoms with Crippen LogP contribution in [0.25, 0.3) is 0 Å². The van der Waals surface area contributed by atoms with Gasteiger partial charge < -0.3 is 0 Å². The topological polar surface area (TPSA) is 95.2 Å². The second-order valence-corrected chi connectivity index (χ2v) is 14.7. The molecule has 4 saturated carbocycles. The van der Waals surface area contributed by atoms with Crippen LogP contribution in [-0.2, 0) is 0 Å². The summed E-state index contributed by atoms with van der Waals surface area (Å²) in [5.74, 6) is 1.76. The van der Waals surface area contributed by atoms with Gasteiger partial charge in [-0.1, -0.05) is 54.6 Å². The number of nitriles is 4. The zero-order valence-electron chi connectivity index (χ0n) is 22.3. The Morgan fingerprint density at radius 3 is 1.27 bits per heavy atom. The van der Waals surface area contributed by atoms with E-state index in [1.165, 1.54) is 6.42 Å². The Kier molecular flexibility index (Phi) is 6.72. The molecule has 0 amide bonds. The average molecular weight is 539 g/mol. The summed E-state index contributed by atoms with van der Waals surface area (Å²) in [6, 6.07) is 39.1. The Morgan fingerprint density at radius 1 is 0.575 bits per heavy atom. The van der Waals surface area contributed by atoms with Crippen molar-refractivity contribution in [2.24, 2.45) is 29.6 Å². The molecule has 196 valence electrons. The molecule has 3 aromatic rings. The van der Waals surface area contributed by atoms with Crippen molar-refractivity contribution in [3.05, 3.63) is 102 Å². The lowest BCUT2D eigenvalue weighted by Crippen LogP contribution is -2.50. The number of hydrogen-bond donors (Lipinski definition) is 0. The highest BCUT2D eigenvalue weighted by Crippen LogP contribution is 2.78. The van der Waals surface area contributed by atoms with E-state index in [2.05, 4.69) is 24.3 Å². The van der Waals surface area contributed by atoms with Crippen molar-refractivity contribution in [2.75, 3.05) is 0 Å². The molecule has 0 atom stereocenters. The van der Waals surface area contributed by atoms with E-state index in [-0.39, 0.29) is 23.3 Å². The lowest BCUT2D eigenvalue weighted by molar-refractivity contribution is -0.0221. The zero-order chi connectivity index (χ0) is 27.7. The van der Waals surface area contributed by atoms with E-state index in [4.69, 9.17) is 0 Å². The van der Waals surface area contributed by atoms with E-state index in [9.17, 15) is 21.0 Å². The Balaban J connectivity index is 1.76. The van der Waals surface area contributed by atoms with Gasteiger partial charge in [0, 0.05) is 20.3 Å². The van der Waals surface area contributed by atoms with Gasteiger partial charge in [-0.25, -0.2) is 0 Å². The highest BCUT2D eigenvalue weighted by molar-refractivity contribution is 8.35. The van der Waals surface area contributed by atoms with Crippen molar-refractivity contribution in [3.8, 4) is 24.3 Å². The first-order valence-electron chi connectivity index (χ1n) is 14.0. The molecular weight excluding hydrogens is 508 g/mol. The molecule has 0 spiro atoms. The molecule has 0 aliphatic heterocycles. The van der Waals surface area contributed by atoms with Crippen LogP contribution in [0.1, 0.15) is 32.1 Å². The van der Waals surface area contributed by atoms with E-state index in [0.29, 0.717) is 17.4 Å². The molecule has 0 heterocycles. The maximum atomic E-state index is 11.5. The van der Waals surface area contributed by atoms with Gasteiger partial charge in [-0.05, 0) is 98.1 Å². The molecule has 4 bridgehead atoms. The summed E-state index contributed by atoms with van der Waals surface area (Å²) < 4.78 is -1.77. The number of nitrogens with zero attached hydrogens (tertiary/aromatic N) is 4. The van der Waals surface area contributed by atoms with Gasteiger partial charge in [-0.15, -0.1) is 10.0 Å². The first-order valence-corrected chi connectivity index (χ1v) is 15.6. The molecule has 40 heavy (non-hydrogen) atoms. The number of hydrogen-bond acceptors (Lipinski definition) is 4. The van der Waals surface area contributed by atoms with E-state index in [1.54, 1.807) is 0 Å². The number of benzene rings is 3. The molecule has 4 aliphatic carbocycles. The highest BCUT2D eigenvalue weighted by Gasteiger charge is 2.61. The molecular formula is C35H30N4S. The second-order valence-electron chi connectivity index (χ2n) is 11.4. The second kappa shape index (κ2) is 10.4. The third-order valence-electron chi connectivity index (χ3n) is 9.50. The molecule has 3 aromatic carbocycles. The molecule has 4 nitrogen and oxygen atoms in total. The predicted molar refractivity (Wildman–Crippen MR) is 154 cm³/mol. The van der Waals surface area contributed by atoms with Gasteiger partial charge in [-0.2, -0.15) is 21.0 Å². The van der Waals surface area contributed by atoms with Gasteiger partial charge in [-0.3, -0.25) is 0 Å². The van der Waals surface area contributed by atoms with Crippen LogP contribution in [0.15, 0.2) is 117 Å². The van der Waals surface area contributed by atoms with Gasteiger partial charge in [0.2, 0.25) is 4.75 Å². The lowest BCUT2D eigenvalue weighted by atomic mass is 9.49. The molecule has 0 saturated heterocycles. The van der Waals surface area contributed by atoms with Gasteiger partial charge in [0.1, 0.15) is 17.7 Å². The summed E-state index contributed by atoms with van der Waals surface area (Å²) in [6.45, 7) is 0. The van der Waals surface area contributed by atoms with E-state index in [1.807, 2.05) is 91.0 Å². The minimum Gasteiger partial charge on any atom is -0.195 e. The summed E-state index contributed by atoms with van der Waals surface area (Å²) >= 11 is 0. The Bertz CT molecular complexity index is 1440. The van der Waals surface area contributed by atoms with Crippen LogP contribution in [0, 0.1) is 74.9 Å². The zero-order valence-corrected chi connectivity index (χ0v) is 23.1. The molecule has 5 heteroatoms. The van der Waals surface area contributed by atoms with E-state index >= 15 is 0 Å².